The normalized spacial score (nSPS) is 12.9. The Bertz CT molecular complexity index is 838. The Kier molecular flexibility index (Phi) is 5.61. The van der Waals surface area contributed by atoms with Crippen LogP contribution in [-0.4, -0.2) is 36.9 Å². The number of aromatic hydroxyl groups is 2. The van der Waals surface area contributed by atoms with Crippen molar-refractivity contribution in [1.29, 1.82) is 0 Å². The van der Waals surface area contributed by atoms with Gasteiger partial charge in [-0.2, -0.15) is 0 Å². The number of ether oxygens (including phenoxy) is 1. The fourth-order valence-corrected chi connectivity index (χ4v) is 2.10. The monoisotopic (exact) mass is 366 g/mol. The number of aliphatic hydroxyl groups is 1. The van der Waals surface area contributed by atoms with Gasteiger partial charge in [0.2, 0.25) is 0 Å². The first-order valence-corrected chi connectivity index (χ1v) is 8.59. The van der Waals surface area contributed by atoms with E-state index in [1.807, 2.05) is 0 Å². The summed E-state index contributed by atoms with van der Waals surface area (Å²) in [4.78, 5) is 29.5. The number of rotatable bonds is 6. The Morgan fingerprint density at radius 3 is 2.28 bits per heavy atom. The first-order chi connectivity index (χ1) is 11.7. The fourth-order valence-electron chi connectivity index (χ4n) is 1.84. The molecule has 8 nitrogen and oxygen atoms in total. The van der Waals surface area contributed by atoms with Gasteiger partial charge >= 0.3 is 7.60 Å². The van der Waals surface area contributed by atoms with Crippen molar-refractivity contribution in [2.45, 2.75) is 6.03 Å². The number of hydrogen-bond donors (Lipinski definition) is 5. The molecule has 0 heterocycles. The zero-order valence-corrected chi connectivity index (χ0v) is 13.6. The average Bonchev–Trinajstić information content (AvgIpc) is 2.53. The van der Waals surface area contributed by atoms with E-state index in [1.54, 1.807) is 0 Å². The molecule has 0 saturated heterocycles. The minimum atomic E-state index is -4.77. The molecule has 0 aliphatic heterocycles. The van der Waals surface area contributed by atoms with Crippen LogP contribution >= 0.6 is 7.60 Å². The first kappa shape index (κ1) is 18.7. The average molecular weight is 366 g/mol. The van der Waals surface area contributed by atoms with Gasteiger partial charge in [-0.25, -0.2) is 0 Å². The molecule has 0 bridgehead atoms. The molecular formula is C16H15O8P. The van der Waals surface area contributed by atoms with Gasteiger partial charge in [0.15, 0.2) is 5.78 Å². The van der Waals surface area contributed by atoms with E-state index in [-0.39, 0.29) is 22.8 Å². The highest BCUT2D eigenvalue weighted by molar-refractivity contribution is 7.52. The van der Waals surface area contributed by atoms with Gasteiger partial charge in [0, 0.05) is 6.07 Å². The van der Waals surface area contributed by atoms with Crippen LogP contribution in [0, 0.1) is 0 Å². The van der Waals surface area contributed by atoms with Crippen molar-refractivity contribution in [1.82, 2.24) is 0 Å². The van der Waals surface area contributed by atoms with Gasteiger partial charge in [-0.3, -0.25) is 9.36 Å². The molecule has 0 radical (unpaired) electrons. The number of carbonyl (C=O) groups excluding carboxylic acids is 1. The van der Waals surface area contributed by atoms with Gasteiger partial charge in [0.05, 0.1) is 5.56 Å². The number of hydrogen-bond acceptors (Lipinski definition) is 6. The summed E-state index contributed by atoms with van der Waals surface area (Å²) >= 11 is 0. The van der Waals surface area contributed by atoms with Crippen molar-refractivity contribution in [2.24, 2.45) is 0 Å². The van der Waals surface area contributed by atoms with E-state index in [0.29, 0.717) is 5.56 Å². The van der Waals surface area contributed by atoms with Gasteiger partial charge in [-0.15, -0.1) is 0 Å². The third kappa shape index (κ3) is 5.17. The van der Waals surface area contributed by atoms with Crippen molar-refractivity contribution < 1.29 is 39.2 Å². The van der Waals surface area contributed by atoms with Crippen LogP contribution in [0.15, 0.2) is 48.5 Å². The Morgan fingerprint density at radius 1 is 1.08 bits per heavy atom. The summed E-state index contributed by atoms with van der Waals surface area (Å²) in [5, 5.41) is 28.0. The molecule has 1 unspecified atom stereocenters. The summed E-state index contributed by atoms with van der Waals surface area (Å²) in [6.45, 7) is 0. The van der Waals surface area contributed by atoms with Crippen LogP contribution in [-0.2, 0) is 4.57 Å². The molecule has 9 heteroatoms. The predicted molar refractivity (Wildman–Crippen MR) is 88.3 cm³/mol. The van der Waals surface area contributed by atoms with E-state index < -0.39 is 19.4 Å². The Balaban J connectivity index is 2.06. The number of benzene rings is 2. The lowest BCUT2D eigenvalue weighted by atomic mass is 10.1. The standard InChI is InChI=1S/C16H15O8P/c17-11-4-7-13(15(19)9-11)14(18)8-3-10-1-5-12(6-2-10)24-16(20)25(21,22)23/h1-9,16-17,19-20H,(H2,21,22,23)/b8-3+. The number of aliphatic hydroxyl groups excluding tert-OH is 1. The molecule has 1 atom stereocenters. The van der Waals surface area contributed by atoms with Crippen LogP contribution in [0.5, 0.6) is 17.2 Å². The van der Waals surface area contributed by atoms with Crippen molar-refractivity contribution >= 4 is 19.5 Å². The predicted octanol–water partition coefficient (Wildman–Crippen LogP) is 1.83. The number of phenolic OH excluding ortho intramolecular Hbond substituents is 2. The second-order valence-electron chi connectivity index (χ2n) is 5.00. The summed E-state index contributed by atoms with van der Waals surface area (Å²) in [6, 6.07) is 7.09. The van der Waals surface area contributed by atoms with E-state index in [0.717, 1.165) is 6.07 Å². The molecule has 5 N–H and O–H groups in total. The van der Waals surface area contributed by atoms with Gasteiger partial charge in [0.1, 0.15) is 17.2 Å². The molecule has 0 aliphatic carbocycles. The Labute approximate surface area is 142 Å². The summed E-state index contributed by atoms with van der Waals surface area (Å²) in [6.07, 6.45) is 2.67. The lowest BCUT2D eigenvalue weighted by Crippen LogP contribution is -2.15. The van der Waals surface area contributed by atoms with Gasteiger partial charge in [-0.1, -0.05) is 18.2 Å². The molecule has 0 aromatic heterocycles. The first-order valence-electron chi connectivity index (χ1n) is 6.91. The molecule has 2 aromatic carbocycles. The minimum Gasteiger partial charge on any atom is -0.508 e. The number of allylic oxidation sites excluding steroid dienone is 1. The van der Waals surface area contributed by atoms with Crippen LogP contribution in [0.1, 0.15) is 15.9 Å². The highest BCUT2D eigenvalue weighted by Gasteiger charge is 2.28. The summed E-state index contributed by atoms with van der Waals surface area (Å²) in [5.41, 5.74) is 0.600. The van der Waals surface area contributed by atoms with Gasteiger partial charge < -0.3 is 29.8 Å². The molecule has 2 aromatic rings. The Hall–Kier alpha value is -2.64. The molecule has 0 saturated carbocycles. The van der Waals surface area contributed by atoms with Crippen LogP contribution < -0.4 is 4.74 Å². The molecule has 25 heavy (non-hydrogen) atoms. The highest BCUT2D eigenvalue weighted by atomic mass is 31.2. The zero-order valence-electron chi connectivity index (χ0n) is 12.7. The van der Waals surface area contributed by atoms with E-state index in [9.17, 15) is 24.7 Å². The molecule has 132 valence electrons. The smallest absolute Gasteiger partial charge is 0.393 e. The lowest BCUT2D eigenvalue weighted by Gasteiger charge is -2.14. The van der Waals surface area contributed by atoms with Crippen LogP contribution in [0.25, 0.3) is 6.08 Å². The highest BCUT2D eigenvalue weighted by Crippen LogP contribution is 2.40. The van der Waals surface area contributed by atoms with Gasteiger partial charge in [-0.05, 0) is 35.9 Å². The number of phenols is 2. The van der Waals surface area contributed by atoms with Crippen LogP contribution in [0.2, 0.25) is 0 Å². The third-order valence-corrected chi connectivity index (χ3v) is 3.76. The summed E-state index contributed by atoms with van der Waals surface area (Å²) in [5.74, 6) is -0.943. The molecule has 0 amide bonds. The van der Waals surface area contributed by atoms with E-state index in [4.69, 9.17) is 14.5 Å². The quantitative estimate of drug-likeness (QED) is 0.225. The SMILES string of the molecule is O=C(/C=C/c1ccc(OC(O)P(=O)(O)O)cc1)c1ccc(O)cc1O. The molecule has 0 aliphatic rings. The number of carbonyl (C=O) groups is 1. The second-order valence-corrected chi connectivity index (χ2v) is 6.62. The molecule has 0 fully saturated rings. The van der Waals surface area contributed by atoms with Gasteiger partial charge in [0.25, 0.3) is 6.03 Å². The van der Waals surface area contributed by atoms with Crippen molar-refractivity contribution in [3.05, 3.63) is 59.7 Å². The fraction of sp³-hybridized carbons (Fsp3) is 0.0625. The van der Waals surface area contributed by atoms with Crippen molar-refractivity contribution in [3.63, 3.8) is 0 Å². The maximum absolute atomic E-state index is 12.0. The minimum absolute atomic E-state index is 0.0266. The zero-order chi connectivity index (χ0) is 18.6. The number of ketones is 1. The second kappa shape index (κ2) is 7.50. The van der Waals surface area contributed by atoms with Crippen LogP contribution in [0.4, 0.5) is 0 Å². The Morgan fingerprint density at radius 2 is 1.72 bits per heavy atom. The maximum Gasteiger partial charge on any atom is 0.393 e. The topological polar surface area (TPSA) is 145 Å². The molecule has 2 rings (SSSR count). The van der Waals surface area contributed by atoms with E-state index in [1.165, 1.54) is 48.6 Å². The lowest BCUT2D eigenvalue weighted by molar-refractivity contribution is 0.0300. The van der Waals surface area contributed by atoms with E-state index in [2.05, 4.69) is 0 Å². The van der Waals surface area contributed by atoms with E-state index >= 15 is 0 Å². The third-order valence-electron chi connectivity index (χ3n) is 3.08. The maximum atomic E-state index is 12.0. The molecule has 0 spiro atoms. The summed E-state index contributed by atoms with van der Waals surface area (Å²) in [7, 11) is -4.77. The molecular weight excluding hydrogens is 351 g/mol. The summed E-state index contributed by atoms with van der Waals surface area (Å²) < 4.78 is 15.5. The largest absolute Gasteiger partial charge is 0.508 e. The van der Waals surface area contributed by atoms with Crippen molar-refractivity contribution in [2.75, 3.05) is 0 Å². The van der Waals surface area contributed by atoms with Crippen LogP contribution in [0.3, 0.4) is 0 Å². The van der Waals surface area contributed by atoms with Crippen molar-refractivity contribution in [3.8, 4) is 17.2 Å².